The van der Waals surface area contributed by atoms with Gasteiger partial charge in [-0.05, 0) is 31.2 Å². The largest absolute Gasteiger partial charge is 0.497 e. The Morgan fingerprint density at radius 2 is 2.21 bits per heavy atom. The SMILES string of the molecule is C=C(Nc1nc2ccc(OC)cc2[nH]1)N1CCN(c2ncccc2Cl)CC1C. The van der Waals surface area contributed by atoms with Crippen LogP contribution in [0.2, 0.25) is 5.02 Å². The molecule has 1 atom stereocenters. The number of nitrogens with one attached hydrogen (secondary N) is 2. The highest BCUT2D eigenvalue weighted by molar-refractivity contribution is 6.32. The summed E-state index contributed by atoms with van der Waals surface area (Å²) in [5.41, 5.74) is 1.79. The van der Waals surface area contributed by atoms with Crippen LogP contribution in [0.4, 0.5) is 11.8 Å². The molecule has 1 aliphatic heterocycles. The average molecular weight is 399 g/mol. The van der Waals surface area contributed by atoms with E-state index in [-0.39, 0.29) is 6.04 Å². The molecule has 0 amide bonds. The number of ether oxygens (including phenoxy) is 1. The first-order valence-corrected chi connectivity index (χ1v) is 9.54. The van der Waals surface area contributed by atoms with Crippen LogP contribution >= 0.6 is 11.6 Å². The third-order valence-electron chi connectivity index (χ3n) is 4.96. The number of fused-ring (bicyclic) bond motifs is 1. The average Bonchev–Trinajstić information content (AvgIpc) is 3.09. The molecule has 146 valence electrons. The highest BCUT2D eigenvalue weighted by Crippen LogP contribution is 2.26. The molecule has 1 fully saturated rings. The Morgan fingerprint density at radius 3 is 2.96 bits per heavy atom. The minimum Gasteiger partial charge on any atom is -0.497 e. The maximum Gasteiger partial charge on any atom is 0.206 e. The van der Waals surface area contributed by atoms with Crippen molar-refractivity contribution in [2.75, 3.05) is 37.0 Å². The van der Waals surface area contributed by atoms with Crippen LogP contribution in [0.25, 0.3) is 11.0 Å². The lowest BCUT2D eigenvalue weighted by Crippen LogP contribution is -2.52. The molecule has 0 spiro atoms. The van der Waals surface area contributed by atoms with Crippen LogP contribution in [0, 0.1) is 0 Å². The molecule has 0 radical (unpaired) electrons. The molecule has 1 saturated heterocycles. The molecule has 3 aromatic rings. The smallest absolute Gasteiger partial charge is 0.206 e. The fraction of sp³-hybridized carbons (Fsp3) is 0.300. The fourth-order valence-electron chi connectivity index (χ4n) is 3.54. The number of pyridine rings is 1. The number of hydrogen-bond donors (Lipinski definition) is 2. The number of benzene rings is 1. The molecule has 28 heavy (non-hydrogen) atoms. The van der Waals surface area contributed by atoms with E-state index < -0.39 is 0 Å². The summed E-state index contributed by atoms with van der Waals surface area (Å²) in [5, 5.41) is 3.98. The van der Waals surface area contributed by atoms with Crippen molar-refractivity contribution in [1.29, 1.82) is 0 Å². The van der Waals surface area contributed by atoms with Crippen molar-refractivity contribution in [3.8, 4) is 5.75 Å². The molecule has 2 aromatic heterocycles. The van der Waals surface area contributed by atoms with Gasteiger partial charge >= 0.3 is 0 Å². The number of rotatable bonds is 5. The summed E-state index contributed by atoms with van der Waals surface area (Å²) < 4.78 is 5.26. The van der Waals surface area contributed by atoms with E-state index in [1.807, 2.05) is 30.3 Å². The monoisotopic (exact) mass is 398 g/mol. The lowest BCUT2D eigenvalue weighted by molar-refractivity contribution is 0.245. The molecule has 8 heteroatoms. The van der Waals surface area contributed by atoms with Crippen LogP contribution in [0.1, 0.15) is 6.92 Å². The van der Waals surface area contributed by atoms with Crippen molar-refractivity contribution >= 4 is 34.4 Å². The first-order chi connectivity index (χ1) is 13.5. The van der Waals surface area contributed by atoms with Gasteiger partial charge in [-0.3, -0.25) is 0 Å². The topological polar surface area (TPSA) is 69.3 Å². The number of aromatic nitrogens is 3. The number of halogens is 1. The second-order valence-electron chi connectivity index (χ2n) is 6.84. The number of nitrogens with zero attached hydrogens (tertiary/aromatic N) is 4. The molecule has 0 bridgehead atoms. The number of aromatic amines is 1. The minimum atomic E-state index is 0.247. The Morgan fingerprint density at radius 1 is 1.36 bits per heavy atom. The number of hydrogen-bond acceptors (Lipinski definition) is 6. The first kappa shape index (κ1) is 18.4. The second-order valence-corrected chi connectivity index (χ2v) is 7.24. The highest BCUT2D eigenvalue weighted by Gasteiger charge is 2.26. The molecule has 0 aliphatic carbocycles. The Kier molecular flexibility index (Phi) is 5.00. The van der Waals surface area contributed by atoms with Crippen LogP contribution in [0.5, 0.6) is 5.75 Å². The van der Waals surface area contributed by atoms with Gasteiger partial charge in [0, 0.05) is 37.9 Å². The van der Waals surface area contributed by atoms with Crippen molar-refractivity contribution in [2.24, 2.45) is 0 Å². The molecular weight excluding hydrogens is 376 g/mol. The summed E-state index contributed by atoms with van der Waals surface area (Å²) in [5.74, 6) is 3.10. The van der Waals surface area contributed by atoms with E-state index in [9.17, 15) is 0 Å². The van der Waals surface area contributed by atoms with E-state index in [4.69, 9.17) is 16.3 Å². The van der Waals surface area contributed by atoms with E-state index in [0.29, 0.717) is 11.0 Å². The van der Waals surface area contributed by atoms with Crippen molar-refractivity contribution in [3.63, 3.8) is 0 Å². The summed E-state index contributed by atoms with van der Waals surface area (Å²) in [7, 11) is 1.65. The predicted molar refractivity (Wildman–Crippen MR) is 113 cm³/mol. The second kappa shape index (κ2) is 7.59. The molecule has 4 rings (SSSR count). The predicted octanol–water partition coefficient (Wildman–Crippen LogP) is 3.71. The summed E-state index contributed by atoms with van der Waals surface area (Å²) >= 11 is 6.30. The minimum absolute atomic E-state index is 0.247. The van der Waals surface area contributed by atoms with E-state index in [1.54, 1.807) is 13.3 Å². The maximum atomic E-state index is 6.30. The first-order valence-electron chi connectivity index (χ1n) is 9.17. The molecule has 1 aliphatic rings. The summed E-state index contributed by atoms with van der Waals surface area (Å²) in [6.07, 6.45) is 1.77. The zero-order valence-corrected chi connectivity index (χ0v) is 16.7. The van der Waals surface area contributed by atoms with Gasteiger partial charge in [-0.2, -0.15) is 0 Å². The van der Waals surface area contributed by atoms with Gasteiger partial charge < -0.3 is 24.8 Å². The molecule has 0 saturated carbocycles. The van der Waals surface area contributed by atoms with Gasteiger partial charge in [-0.15, -0.1) is 0 Å². The van der Waals surface area contributed by atoms with Crippen LogP contribution in [-0.4, -0.2) is 52.6 Å². The van der Waals surface area contributed by atoms with Crippen molar-refractivity contribution in [2.45, 2.75) is 13.0 Å². The van der Waals surface area contributed by atoms with Crippen molar-refractivity contribution in [3.05, 3.63) is 54.0 Å². The van der Waals surface area contributed by atoms with Gasteiger partial charge in [0.2, 0.25) is 5.95 Å². The van der Waals surface area contributed by atoms with Crippen molar-refractivity contribution < 1.29 is 4.74 Å². The molecule has 3 heterocycles. The van der Waals surface area contributed by atoms with Gasteiger partial charge in [0.1, 0.15) is 17.4 Å². The maximum absolute atomic E-state index is 6.30. The third kappa shape index (κ3) is 3.57. The fourth-order valence-corrected chi connectivity index (χ4v) is 3.79. The van der Waals surface area contributed by atoms with Gasteiger partial charge in [0.15, 0.2) is 0 Å². The van der Waals surface area contributed by atoms with E-state index in [1.165, 1.54) is 0 Å². The standard InChI is InChI=1S/C20H23ClN6O/c1-13-12-26(19-16(21)5-4-8-22-19)9-10-27(13)14(2)23-20-24-17-7-6-15(28-3)11-18(17)25-20/h4-8,11,13H,2,9-10,12H2,1,3H3,(H2,23,24,25). The van der Waals surface area contributed by atoms with Gasteiger partial charge in [-0.25, -0.2) is 9.97 Å². The van der Waals surface area contributed by atoms with Crippen LogP contribution in [0.15, 0.2) is 48.9 Å². The normalized spacial score (nSPS) is 17.0. The quantitative estimate of drug-likeness (QED) is 0.682. The lowest BCUT2D eigenvalue weighted by atomic mass is 10.2. The van der Waals surface area contributed by atoms with Gasteiger partial charge in [0.05, 0.1) is 23.2 Å². The molecular formula is C20H23ClN6O. The Hall–Kier alpha value is -2.93. The number of methoxy groups -OCH3 is 1. The summed E-state index contributed by atoms with van der Waals surface area (Å²) in [6.45, 7) is 8.83. The molecule has 7 nitrogen and oxygen atoms in total. The molecule has 1 aromatic carbocycles. The van der Waals surface area contributed by atoms with Gasteiger partial charge in [0.25, 0.3) is 0 Å². The van der Waals surface area contributed by atoms with E-state index in [0.717, 1.165) is 48.1 Å². The number of imidazole rings is 1. The van der Waals surface area contributed by atoms with Crippen LogP contribution in [0.3, 0.4) is 0 Å². The van der Waals surface area contributed by atoms with Crippen LogP contribution in [-0.2, 0) is 0 Å². The molecule has 2 N–H and O–H groups in total. The number of piperazine rings is 1. The Bertz CT molecular complexity index is 1000. The number of H-pyrrole nitrogens is 1. The number of anilines is 2. The third-order valence-corrected chi connectivity index (χ3v) is 5.26. The van der Waals surface area contributed by atoms with Crippen molar-refractivity contribution in [1.82, 2.24) is 19.9 Å². The van der Waals surface area contributed by atoms with Gasteiger partial charge in [-0.1, -0.05) is 18.2 Å². The molecule has 1 unspecified atom stereocenters. The Labute approximate surface area is 169 Å². The zero-order chi connectivity index (χ0) is 19.7. The Balaban J connectivity index is 1.44. The van der Waals surface area contributed by atoms with Crippen LogP contribution < -0.4 is 15.0 Å². The summed E-state index contributed by atoms with van der Waals surface area (Å²) in [6, 6.07) is 9.71. The van der Waals surface area contributed by atoms with E-state index >= 15 is 0 Å². The zero-order valence-electron chi connectivity index (χ0n) is 15.9. The highest BCUT2D eigenvalue weighted by atomic mass is 35.5. The summed E-state index contributed by atoms with van der Waals surface area (Å²) in [4.78, 5) is 16.7. The lowest BCUT2D eigenvalue weighted by Gasteiger charge is -2.42. The van der Waals surface area contributed by atoms with E-state index in [2.05, 4.69) is 43.6 Å².